The lowest BCUT2D eigenvalue weighted by Crippen LogP contribution is -2.33. The van der Waals surface area contributed by atoms with Crippen LogP contribution in [-0.4, -0.2) is 17.5 Å². The molecule has 0 saturated heterocycles. The molecule has 1 saturated carbocycles. The van der Waals surface area contributed by atoms with Crippen molar-refractivity contribution in [3.63, 3.8) is 0 Å². The lowest BCUT2D eigenvalue weighted by molar-refractivity contribution is -0.121. The Kier molecular flexibility index (Phi) is 2.39. The topological polar surface area (TPSA) is 49.0 Å². The van der Waals surface area contributed by atoms with Gasteiger partial charge in [0.1, 0.15) is 5.41 Å². The summed E-state index contributed by atoms with van der Waals surface area (Å²) in [4.78, 5) is 14.0. The van der Waals surface area contributed by atoms with Crippen LogP contribution in [0.3, 0.4) is 0 Å². The summed E-state index contributed by atoms with van der Waals surface area (Å²) in [5.41, 5.74) is 1.18. The zero-order valence-corrected chi connectivity index (χ0v) is 11.1. The fourth-order valence-electron chi connectivity index (χ4n) is 2.52. The number of carbonyl (C=O) groups excluding carboxylic acids is 1. The monoisotopic (exact) mass is 253 g/mol. The van der Waals surface area contributed by atoms with Crippen LogP contribution in [0.1, 0.15) is 12.8 Å². The number of amides is 1. The van der Waals surface area contributed by atoms with E-state index in [0.29, 0.717) is 12.8 Å². The molecule has 19 heavy (non-hydrogen) atoms. The molecular weight excluding hydrogens is 238 g/mol. The third kappa shape index (κ3) is 1.62. The Balaban J connectivity index is 2.06. The number of rotatable bonds is 2. The summed E-state index contributed by atoms with van der Waals surface area (Å²) in [5, 5.41) is 10.2. The second kappa shape index (κ2) is 3.86. The zero-order chi connectivity index (χ0) is 13.6. The van der Waals surface area contributed by atoms with E-state index in [1.54, 1.807) is 11.9 Å². The van der Waals surface area contributed by atoms with Crippen molar-refractivity contribution in [1.82, 2.24) is 4.57 Å². The minimum atomic E-state index is -0.772. The fraction of sp³-hybridized carbons (Fsp3) is 0.333. The lowest BCUT2D eigenvalue weighted by Gasteiger charge is -2.18. The Hall–Kier alpha value is -2.28. The van der Waals surface area contributed by atoms with Crippen molar-refractivity contribution in [2.75, 3.05) is 11.9 Å². The molecule has 0 unspecified atom stereocenters. The van der Waals surface area contributed by atoms with Crippen LogP contribution in [0.4, 0.5) is 5.69 Å². The number of anilines is 1. The molecule has 0 atom stereocenters. The van der Waals surface area contributed by atoms with Gasteiger partial charge in [-0.3, -0.25) is 4.79 Å². The molecule has 0 spiro atoms. The molecule has 0 bridgehead atoms. The van der Waals surface area contributed by atoms with Crippen LogP contribution in [0.25, 0.3) is 10.9 Å². The minimum absolute atomic E-state index is 0.0913. The molecule has 1 aromatic heterocycles. The van der Waals surface area contributed by atoms with Crippen molar-refractivity contribution in [3.8, 4) is 6.07 Å². The number of hydrogen-bond acceptors (Lipinski definition) is 2. The Labute approximate surface area is 111 Å². The van der Waals surface area contributed by atoms with Crippen LogP contribution in [0.15, 0.2) is 30.5 Å². The van der Waals surface area contributed by atoms with Gasteiger partial charge in [0, 0.05) is 31.2 Å². The van der Waals surface area contributed by atoms with Crippen LogP contribution >= 0.6 is 0 Å². The third-order valence-electron chi connectivity index (χ3n) is 3.92. The lowest BCUT2D eigenvalue weighted by atomic mass is 10.1. The van der Waals surface area contributed by atoms with E-state index in [0.717, 1.165) is 16.6 Å². The number of hydrogen-bond donors (Lipinski definition) is 0. The minimum Gasteiger partial charge on any atom is -0.348 e. The number of carbonyl (C=O) groups is 1. The van der Waals surface area contributed by atoms with Crippen molar-refractivity contribution in [1.29, 1.82) is 5.26 Å². The standard InChI is InChI=1S/C15H15N3O/c1-17-9-13(11-5-3-4-6-12(11)17)18(2)14(19)15(10-16)7-8-15/h3-6,9H,7-8H2,1-2H3. The predicted molar refractivity (Wildman–Crippen MR) is 73.6 cm³/mol. The van der Waals surface area contributed by atoms with Crippen molar-refractivity contribution in [3.05, 3.63) is 30.5 Å². The summed E-state index contributed by atoms with van der Waals surface area (Å²) in [6.07, 6.45) is 3.30. The van der Waals surface area contributed by atoms with E-state index >= 15 is 0 Å². The zero-order valence-electron chi connectivity index (χ0n) is 11.1. The molecule has 4 nitrogen and oxygen atoms in total. The van der Waals surface area contributed by atoms with Gasteiger partial charge in [0.05, 0.1) is 11.8 Å². The molecule has 1 amide bonds. The number of nitrogens with zero attached hydrogens (tertiary/aromatic N) is 3. The summed E-state index contributed by atoms with van der Waals surface area (Å²) < 4.78 is 2.00. The highest BCUT2D eigenvalue weighted by atomic mass is 16.2. The maximum absolute atomic E-state index is 12.4. The fourth-order valence-corrected chi connectivity index (χ4v) is 2.52. The molecule has 2 aromatic rings. The van der Waals surface area contributed by atoms with E-state index in [-0.39, 0.29) is 5.91 Å². The maximum atomic E-state index is 12.4. The molecule has 0 N–H and O–H groups in total. The van der Waals surface area contributed by atoms with Crippen molar-refractivity contribution in [2.24, 2.45) is 12.5 Å². The second-order valence-electron chi connectivity index (χ2n) is 5.20. The Morgan fingerprint density at radius 2 is 2.11 bits per heavy atom. The van der Waals surface area contributed by atoms with Crippen molar-refractivity contribution >= 4 is 22.5 Å². The Morgan fingerprint density at radius 3 is 2.74 bits per heavy atom. The van der Waals surface area contributed by atoms with E-state index in [2.05, 4.69) is 6.07 Å². The molecule has 0 radical (unpaired) electrons. The van der Waals surface area contributed by atoms with Gasteiger partial charge in [-0.15, -0.1) is 0 Å². The van der Waals surface area contributed by atoms with Gasteiger partial charge in [-0.25, -0.2) is 0 Å². The molecule has 1 aliphatic carbocycles. The van der Waals surface area contributed by atoms with E-state index in [4.69, 9.17) is 5.26 Å². The van der Waals surface area contributed by atoms with Crippen molar-refractivity contribution < 1.29 is 4.79 Å². The van der Waals surface area contributed by atoms with Crippen LogP contribution in [0.5, 0.6) is 0 Å². The molecule has 1 heterocycles. The number of para-hydroxylation sites is 1. The SMILES string of the molecule is CN(C(=O)C1(C#N)CC1)c1cn(C)c2ccccc12. The Morgan fingerprint density at radius 1 is 1.42 bits per heavy atom. The van der Waals surface area contributed by atoms with Crippen LogP contribution in [0.2, 0.25) is 0 Å². The number of fused-ring (bicyclic) bond motifs is 1. The molecule has 1 aromatic carbocycles. The van der Waals surface area contributed by atoms with Crippen LogP contribution in [0, 0.1) is 16.7 Å². The predicted octanol–water partition coefficient (Wildman–Crippen LogP) is 2.44. The molecule has 3 rings (SSSR count). The quantitative estimate of drug-likeness (QED) is 0.825. The summed E-state index contributed by atoms with van der Waals surface area (Å²) in [6, 6.07) is 10.1. The summed E-state index contributed by atoms with van der Waals surface area (Å²) >= 11 is 0. The first-order valence-corrected chi connectivity index (χ1v) is 6.32. The Bertz CT molecular complexity index is 704. The highest BCUT2D eigenvalue weighted by Crippen LogP contribution is 2.47. The van der Waals surface area contributed by atoms with Crippen LogP contribution in [-0.2, 0) is 11.8 Å². The number of benzene rings is 1. The van der Waals surface area contributed by atoms with Gasteiger partial charge >= 0.3 is 0 Å². The molecule has 0 aliphatic heterocycles. The summed E-state index contributed by atoms with van der Waals surface area (Å²) in [7, 11) is 3.71. The first-order chi connectivity index (χ1) is 9.09. The molecule has 4 heteroatoms. The van der Waals surface area contributed by atoms with Gasteiger partial charge in [-0.05, 0) is 18.9 Å². The van der Waals surface area contributed by atoms with Gasteiger partial charge < -0.3 is 9.47 Å². The van der Waals surface area contributed by atoms with Gasteiger partial charge in [0.25, 0.3) is 0 Å². The normalized spacial score (nSPS) is 16.1. The number of nitriles is 1. The average molecular weight is 253 g/mol. The van der Waals surface area contributed by atoms with E-state index in [1.807, 2.05) is 42.1 Å². The van der Waals surface area contributed by atoms with Crippen molar-refractivity contribution in [2.45, 2.75) is 12.8 Å². The van der Waals surface area contributed by atoms with Gasteiger partial charge in [0.15, 0.2) is 0 Å². The van der Waals surface area contributed by atoms with Gasteiger partial charge in [-0.1, -0.05) is 18.2 Å². The average Bonchev–Trinajstić information content (AvgIpc) is 3.17. The highest BCUT2D eigenvalue weighted by molar-refractivity contribution is 6.07. The largest absolute Gasteiger partial charge is 0.348 e. The molecule has 1 fully saturated rings. The summed E-state index contributed by atoms with van der Waals surface area (Å²) in [5.74, 6) is -0.0913. The third-order valence-corrected chi connectivity index (χ3v) is 3.92. The van der Waals surface area contributed by atoms with Crippen LogP contribution < -0.4 is 4.90 Å². The molecule has 96 valence electrons. The van der Waals surface area contributed by atoms with Gasteiger partial charge in [-0.2, -0.15) is 5.26 Å². The smallest absolute Gasteiger partial charge is 0.247 e. The van der Waals surface area contributed by atoms with Gasteiger partial charge in [0.2, 0.25) is 5.91 Å². The second-order valence-corrected chi connectivity index (χ2v) is 5.20. The molecule has 1 aliphatic rings. The number of aryl methyl sites for hydroxylation is 1. The maximum Gasteiger partial charge on any atom is 0.247 e. The first kappa shape index (κ1) is 11.8. The first-order valence-electron chi connectivity index (χ1n) is 6.32. The van der Waals surface area contributed by atoms with E-state index in [1.165, 1.54) is 0 Å². The van der Waals surface area contributed by atoms with E-state index in [9.17, 15) is 4.79 Å². The summed E-state index contributed by atoms with van der Waals surface area (Å²) in [6.45, 7) is 0. The highest BCUT2D eigenvalue weighted by Gasteiger charge is 2.52. The number of aromatic nitrogens is 1. The molecular formula is C15H15N3O. The van der Waals surface area contributed by atoms with E-state index < -0.39 is 5.41 Å².